The zero-order chi connectivity index (χ0) is 16.9. The van der Waals surface area contributed by atoms with E-state index < -0.39 is 0 Å². The van der Waals surface area contributed by atoms with E-state index >= 15 is 0 Å². The van der Waals surface area contributed by atoms with Gasteiger partial charge in [-0.05, 0) is 17.6 Å². The minimum absolute atomic E-state index is 0.0535. The van der Waals surface area contributed by atoms with Crippen LogP contribution in [0.3, 0.4) is 0 Å². The summed E-state index contributed by atoms with van der Waals surface area (Å²) < 4.78 is 6.07. The molecule has 1 aromatic heterocycles. The molecular formula is C19H21N3O2. The van der Waals surface area contributed by atoms with Crippen LogP contribution >= 0.6 is 0 Å². The smallest absolute Gasteiger partial charge is 0.243 e. The van der Waals surface area contributed by atoms with Crippen LogP contribution in [-0.4, -0.2) is 28.5 Å². The highest BCUT2D eigenvalue weighted by atomic mass is 16.5. The van der Waals surface area contributed by atoms with Gasteiger partial charge in [0, 0.05) is 29.9 Å². The quantitative estimate of drug-likeness (QED) is 0.859. The van der Waals surface area contributed by atoms with Gasteiger partial charge in [0.25, 0.3) is 0 Å². The minimum atomic E-state index is -0.0834. The maximum absolute atomic E-state index is 11.8. The van der Waals surface area contributed by atoms with Crippen molar-refractivity contribution in [2.75, 3.05) is 6.54 Å². The van der Waals surface area contributed by atoms with Gasteiger partial charge in [0.05, 0.1) is 6.54 Å². The molecule has 0 aliphatic carbocycles. The van der Waals surface area contributed by atoms with Gasteiger partial charge < -0.3 is 10.1 Å². The number of amides is 1. The van der Waals surface area contributed by atoms with E-state index in [0.717, 1.165) is 28.9 Å². The van der Waals surface area contributed by atoms with Crippen molar-refractivity contribution in [2.24, 2.45) is 5.92 Å². The van der Waals surface area contributed by atoms with Crippen LogP contribution in [0.2, 0.25) is 0 Å². The fraction of sp³-hybridized carbons (Fsp3) is 0.316. The Bertz CT molecular complexity index is 742. The summed E-state index contributed by atoms with van der Waals surface area (Å²) in [5, 5.41) is 2.90. The van der Waals surface area contributed by atoms with Gasteiger partial charge in [-0.3, -0.25) is 4.79 Å². The molecule has 2 aromatic rings. The third-order valence-corrected chi connectivity index (χ3v) is 3.84. The number of nitrogens with zero attached hydrogens (tertiary/aromatic N) is 2. The van der Waals surface area contributed by atoms with Crippen LogP contribution in [0.1, 0.15) is 19.4 Å². The molecule has 5 nitrogen and oxygen atoms in total. The largest absolute Gasteiger partial charge is 0.487 e. The van der Waals surface area contributed by atoms with Crippen molar-refractivity contribution in [3.05, 3.63) is 54.6 Å². The van der Waals surface area contributed by atoms with Crippen molar-refractivity contribution >= 4 is 5.91 Å². The van der Waals surface area contributed by atoms with Crippen molar-refractivity contribution in [2.45, 2.75) is 26.4 Å². The second-order valence-corrected chi connectivity index (χ2v) is 6.21. The second-order valence-electron chi connectivity index (χ2n) is 6.21. The fourth-order valence-corrected chi connectivity index (χ4v) is 2.67. The van der Waals surface area contributed by atoms with Crippen LogP contribution in [-0.2, 0) is 11.2 Å². The van der Waals surface area contributed by atoms with Gasteiger partial charge in [0.1, 0.15) is 18.2 Å². The van der Waals surface area contributed by atoms with Crippen LogP contribution in [0.15, 0.2) is 49.1 Å². The molecule has 1 aromatic carbocycles. The Morgan fingerprint density at radius 1 is 1.38 bits per heavy atom. The SMILES string of the molecule is CC(C)/C=C/C(=O)NC[C@@H]1Cc2cccc(-c3cncnc3)c2O1. The molecule has 0 bridgehead atoms. The van der Waals surface area contributed by atoms with E-state index in [4.69, 9.17) is 4.74 Å². The molecule has 2 heterocycles. The molecule has 24 heavy (non-hydrogen) atoms. The van der Waals surface area contributed by atoms with E-state index in [1.165, 1.54) is 6.33 Å². The van der Waals surface area contributed by atoms with Crippen molar-refractivity contribution in [1.82, 2.24) is 15.3 Å². The van der Waals surface area contributed by atoms with E-state index in [0.29, 0.717) is 12.5 Å². The number of rotatable bonds is 5. The molecule has 1 amide bonds. The number of carbonyl (C=O) groups excluding carboxylic acids is 1. The number of aromatic nitrogens is 2. The number of carbonyl (C=O) groups is 1. The lowest BCUT2D eigenvalue weighted by molar-refractivity contribution is -0.116. The molecular weight excluding hydrogens is 302 g/mol. The normalized spacial score (nSPS) is 16.2. The summed E-state index contributed by atoms with van der Waals surface area (Å²) in [5.74, 6) is 1.14. The van der Waals surface area contributed by atoms with Crippen molar-refractivity contribution < 1.29 is 9.53 Å². The number of nitrogens with one attached hydrogen (secondary N) is 1. The second kappa shape index (κ2) is 7.25. The predicted molar refractivity (Wildman–Crippen MR) is 92.6 cm³/mol. The number of ether oxygens (including phenoxy) is 1. The summed E-state index contributed by atoms with van der Waals surface area (Å²) >= 11 is 0. The fourth-order valence-electron chi connectivity index (χ4n) is 2.67. The highest BCUT2D eigenvalue weighted by Crippen LogP contribution is 2.38. The van der Waals surface area contributed by atoms with Crippen LogP contribution < -0.4 is 10.1 Å². The van der Waals surface area contributed by atoms with Crippen molar-refractivity contribution in [3.8, 4) is 16.9 Å². The molecule has 0 spiro atoms. The Kier molecular flexibility index (Phi) is 4.89. The maximum atomic E-state index is 11.8. The summed E-state index contributed by atoms with van der Waals surface area (Å²) in [6, 6.07) is 6.07. The van der Waals surface area contributed by atoms with Gasteiger partial charge in [0.2, 0.25) is 5.91 Å². The molecule has 124 valence electrons. The highest BCUT2D eigenvalue weighted by molar-refractivity contribution is 5.87. The molecule has 1 N–H and O–H groups in total. The topological polar surface area (TPSA) is 64.1 Å². The predicted octanol–water partition coefficient (Wildman–Crippen LogP) is 2.78. The molecule has 5 heteroatoms. The average Bonchev–Trinajstić information content (AvgIpc) is 3.02. The van der Waals surface area contributed by atoms with E-state index in [1.54, 1.807) is 18.5 Å². The number of fused-ring (bicyclic) bond motifs is 1. The number of allylic oxidation sites excluding steroid dienone is 1. The molecule has 3 rings (SSSR count). The first-order valence-electron chi connectivity index (χ1n) is 8.13. The van der Waals surface area contributed by atoms with Gasteiger partial charge in [-0.2, -0.15) is 0 Å². The third kappa shape index (κ3) is 3.79. The zero-order valence-electron chi connectivity index (χ0n) is 13.9. The van der Waals surface area contributed by atoms with Crippen LogP contribution in [0, 0.1) is 5.92 Å². The zero-order valence-corrected chi connectivity index (χ0v) is 13.9. The van der Waals surface area contributed by atoms with Gasteiger partial charge in [-0.25, -0.2) is 9.97 Å². The lowest BCUT2D eigenvalue weighted by atomic mass is 10.0. The Morgan fingerprint density at radius 3 is 2.92 bits per heavy atom. The summed E-state index contributed by atoms with van der Waals surface area (Å²) in [5.41, 5.74) is 3.06. The average molecular weight is 323 g/mol. The van der Waals surface area contributed by atoms with Gasteiger partial charge >= 0.3 is 0 Å². The van der Waals surface area contributed by atoms with Crippen molar-refractivity contribution in [1.29, 1.82) is 0 Å². The Labute approximate surface area is 141 Å². The van der Waals surface area contributed by atoms with Crippen LogP contribution in [0.5, 0.6) is 5.75 Å². The van der Waals surface area contributed by atoms with E-state index in [2.05, 4.69) is 21.4 Å². The van der Waals surface area contributed by atoms with Crippen LogP contribution in [0.4, 0.5) is 0 Å². The Hall–Kier alpha value is -2.69. The lowest BCUT2D eigenvalue weighted by Gasteiger charge is -2.12. The molecule has 0 unspecified atom stereocenters. The molecule has 0 saturated heterocycles. The maximum Gasteiger partial charge on any atom is 0.243 e. The number of benzene rings is 1. The lowest BCUT2D eigenvalue weighted by Crippen LogP contribution is -2.33. The van der Waals surface area contributed by atoms with Crippen molar-refractivity contribution in [3.63, 3.8) is 0 Å². The number of hydrogen-bond donors (Lipinski definition) is 1. The monoisotopic (exact) mass is 323 g/mol. The number of hydrogen-bond acceptors (Lipinski definition) is 4. The minimum Gasteiger partial charge on any atom is -0.487 e. The highest BCUT2D eigenvalue weighted by Gasteiger charge is 2.25. The first-order chi connectivity index (χ1) is 11.6. The van der Waals surface area contributed by atoms with Gasteiger partial charge in [-0.1, -0.05) is 38.1 Å². The molecule has 0 fully saturated rings. The Balaban J connectivity index is 1.66. The molecule has 0 radical (unpaired) electrons. The van der Waals surface area contributed by atoms with Gasteiger partial charge in [-0.15, -0.1) is 0 Å². The first kappa shape index (κ1) is 16.2. The van der Waals surface area contributed by atoms with Gasteiger partial charge in [0.15, 0.2) is 0 Å². The Morgan fingerprint density at radius 2 is 2.17 bits per heavy atom. The molecule has 1 aliphatic heterocycles. The summed E-state index contributed by atoms with van der Waals surface area (Å²) in [6.07, 6.45) is 9.26. The van der Waals surface area contributed by atoms with E-state index in [-0.39, 0.29) is 12.0 Å². The van der Waals surface area contributed by atoms with E-state index in [9.17, 15) is 4.79 Å². The van der Waals surface area contributed by atoms with Crippen LogP contribution in [0.25, 0.3) is 11.1 Å². The molecule has 1 aliphatic rings. The summed E-state index contributed by atoms with van der Waals surface area (Å²) in [6.45, 7) is 4.56. The third-order valence-electron chi connectivity index (χ3n) is 3.84. The van der Waals surface area contributed by atoms with E-state index in [1.807, 2.05) is 32.1 Å². The summed E-state index contributed by atoms with van der Waals surface area (Å²) in [7, 11) is 0. The molecule has 1 atom stereocenters. The molecule has 0 saturated carbocycles. The first-order valence-corrected chi connectivity index (χ1v) is 8.13. The standard InChI is InChI=1S/C19H21N3O2/c1-13(2)6-7-18(23)22-11-16-8-14-4-3-5-17(19(14)24-16)15-9-20-12-21-10-15/h3-7,9-10,12-13,16H,8,11H2,1-2H3,(H,22,23)/b7-6+/t16-/m0/s1. The summed E-state index contributed by atoms with van der Waals surface area (Å²) in [4.78, 5) is 19.9. The number of para-hydroxylation sites is 1.